The number of aliphatic hydroxyl groups is 1. The maximum absolute atomic E-state index is 16.8. The molecule has 2 fully saturated rings. The molecule has 6 unspecified atom stereocenters. The second-order valence-electron chi connectivity index (χ2n) is 18.9. The zero-order valence-electron chi connectivity index (χ0n) is 42.0. The molecule has 17 nitrogen and oxygen atoms in total. The van der Waals surface area contributed by atoms with E-state index in [2.05, 4.69) is 22.2 Å². The molecule has 0 aliphatic carbocycles. The number of carbonyl (C=O) groups is 4. The first kappa shape index (κ1) is 49.6. The topological polar surface area (TPSA) is 184 Å². The maximum atomic E-state index is 16.8. The Morgan fingerprint density at radius 3 is 2.21 bits per heavy atom. The third kappa shape index (κ3) is 8.53. The van der Waals surface area contributed by atoms with E-state index in [0.29, 0.717) is 45.9 Å². The lowest BCUT2D eigenvalue weighted by atomic mass is 9.64. The fraction of sp³-hybridized carbons (Fsp3) is 0.288. The van der Waals surface area contributed by atoms with Crippen LogP contribution < -0.4 is 19.1 Å². The Balaban J connectivity index is 1.17. The monoisotopic (exact) mass is 1020 g/mol. The molecule has 4 aliphatic heterocycles. The zero-order chi connectivity index (χ0) is 52.5. The molecule has 1 spiro atoms. The number of cyclic esters (lactones) is 1. The Labute approximate surface area is 438 Å². The number of aliphatic hydroxyl groups excluding tert-OH is 1. The van der Waals surface area contributed by atoms with Crippen LogP contribution >= 0.6 is 0 Å². The van der Waals surface area contributed by atoms with Gasteiger partial charge in [0.2, 0.25) is 11.8 Å². The predicted octanol–water partition coefficient (Wildman–Crippen LogP) is 6.90. The van der Waals surface area contributed by atoms with E-state index in [4.69, 9.17) is 28.4 Å². The fourth-order valence-electron chi connectivity index (χ4n) is 11.7. The number of fused-ring (bicyclic) bond motifs is 5. The second-order valence-corrected chi connectivity index (χ2v) is 18.9. The first-order chi connectivity index (χ1) is 37.2. The minimum Gasteiger partial charge on any atom is -0.493 e. The van der Waals surface area contributed by atoms with Crippen molar-refractivity contribution in [1.29, 1.82) is 0 Å². The first-order valence-corrected chi connectivity index (χ1v) is 25.1. The van der Waals surface area contributed by atoms with Crippen molar-refractivity contribution in [3.8, 4) is 29.1 Å². The quantitative estimate of drug-likeness (QED) is 0.0715. The average Bonchev–Trinajstić information content (AvgIpc) is 4.17. The summed E-state index contributed by atoms with van der Waals surface area (Å²) >= 11 is 0. The number of imide groups is 1. The van der Waals surface area contributed by atoms with E-state index in [-0.39, 0.29) is 57.3 Å². The normalized spacial score (nSPS) is 21.6. The van der Waals surface area contributed by atoms with Crippen LogP contribution in [-0.2, 0) is 53.5 Å². The number of nitrogens with zero attached hydrogens (tertiary/aromatic N) is 6. The number of ether oxygens (including phenoxy) is 6. The van der Waals surface area contributed by atoms with E-state index < -0.39 is 59.4 Å². The van der Waals surface area contributed by atoms with Crippen molar-refractivity contribution in [2.45, 2.75) is 49.2 Å². The molecule has 0 bridgehead atoms. The van der Waals surface area contributed by atoms with Gasteiger partial charge in [0.05, 0.1) is 56.6 Å². The lowest BCUT2D eigenvalue weighted by Gasteiger charge is -2.46. The average molecular weight is 1020 g/mol. The van der Waals surface area contributed by atoms with Crippen molar-refractivity contribution < 1.29 is 52.7 Å². The van der Waals surface area contributed by atoms with Gasteiger partial charge in [-0.15, -0.1) is 5.10 Å². The number of para-hydroxylation sites is 1. The Hall–Kier alpha value is -8.56. The molecule has 2 saturated heterocycles. The van der Waals surface area contributed by atoms with Crippen LogP contribution in [0.4, 0.5) is 10.5 Å². The van der Waals surface area contributed by atoms with Gasteiger partial charge in [-0.1, -0.05) is 102 Å². The van der Waals surface area contributed by atoms with Gasteiger partial charge in [-0.25, -0.2) is 14.4 Å². The third-order valence-corrected chi connectivity index (χ3v) is 14.9. The summed E-state index contributed by atoms with van der Waals surface area (Å²) in [4.78, 5) is 68.5. The highest BCUT2D eigenvalue weighted by Gasteiger charge is 2.76. The lowest BCUT2D eigenvalue weighted by Crippen LogP contribution is -2.57. The smallest absolute Gasteiger partial charge is 0.421 e. The minimum absolute atomic E-state index is 0.0265. The summed E-state index contributed by atoms with van der Waals surface area (Å²) in [6.45, 7) is 0.160. The lowest BCUT2D eigenvalue weighted by molar-refractivity contribution is -0.179. The van der Waals surface area contributed by atoms with Crippen LogP contribution in [0, 0.1) is 17.8 Å². The summed E-state index contributed by atoms with van der Waals surface area (Å²) in [7, 11) is 4.58. The van der Waals surface area contributed by atoms with Crippen LogP contribution in [0.5, 0.6) is 17.2 Å². The molecule has 4 aliphatic rings. The van der Waals surface area contributed by atoms with Crippen molar-refractivity contribution in [3.05, 3.63) is 178 Å². The standard InChI is InChI=1S/C59H54N6O11/c1-71-31-32-75-58(70)64-46-25-20-37(13-12-27-63-47-19-11-10-18-45(47)60-61-63)33-44(46)59(57(64)69)50(55(67)62-28-26-41-34-48(72-2)49(73-3)35-42(41)36-62)52-56(68)76-53(39-16-8-5-9-17-39)51(38-14-6-4-7-15-38)65(52)54(59)40-21-23-43(24-22-40)74-30-29-66/h4-11,14-25,33-35,50-54,66H,26-32,36H2,1-3H3. The molecule has 17 heteroatoms. The Morgan fingerprint density at radius 2 is 1.49 bits per heavy atom. The van der Waals surface area contributed by atoms with E-state index in [1.54, 1.807) is 66.3 Å². The molecule has 11 rings (SSSR count). The molecule has 1 aromatic heterocycles. The van der Waals surface area contributed by atoms with Crippen LogP contribution in [0.25, 0.3) is 11.0 Å². The molecule has 76 heavy (non-hydrogen) atoms. The van der Waals surface area contributed by atoms with E-state index >= 15 is 14.4 Å². The number of methoxy groups -OCH3 is 3. The molecular formula is C59H54N6O11. The highest BCUT2D eigenvalue weighted by Crippen LogP contribution is 2.66. The van der Waals surface area contributed by atoms with Crippen molar-refractivity contribution in [3.63, 3.8) is 0 Å². The number of morpholine rings is 1. The van der Waals surface area contributed by atoms with Gasteiger partial charge in [-0.05, 0) is 94.4 Å². The summed E-state index contributed by atoms with van der Waals surface area (Å²) < 4.78 is 36.7. The number of carbonyl (C=O) groups excluding carboxylic acids is 4. The molecule has 3 amide bonds. The number of rotatable bonds is 13. The van der Waals surface area contributed by atoms with Crippen molar-refractivity contribution >= 4 is 40.6 Å². The van der Waals surface area contributed by atoms with Crippen LogP contribution in [0.1, 0.15) is 57.1 Å². The second kappa shape index (κ2) is 21.0. The number of hydrogen-bond donors (Lipinski definition) is 1. The minimum atomic E-state index is -2.07. The first-order valence-electron chi connectivity index (χ1n) is 25.1. The molecule has 1 N–H and O–H groups in total. The van der Waals surface area contributed by atoms with Crippen molar-refractivity contribution in [2.24, 2.45) is 5.92 Å². The van der Waals surface area contributed by atoms with Crippen LogP contribution in [0.2, 0.25) is 0 Å². The van der Waals surface area contributed by atoms with Crippen molar-refractivity contribution in [2.75, 3.05) is 59.2 Å². The van der Waals surface area contributed by atoms with Gasteiger partial charge in [-0.2, -0.15) is 0 Å². The number of amides is 3. The van der Waals surface area contributed by atoms with Crippen LogP contribution in [0.3, 0.4) is 0 Å². The van der Waals surface area contributed by atoms with Gasteiger partial charge in [0, 0.05) is 25.8 Å². The summed E-state index contributed by atoms with van der Waals surface area (Å²) in [6.07, 6.45) is -1.50. The van der Waals surface area contributed by atoms with Gasteiger partial charge in [-0.3, -0.25) is 19.3 Å². The third-order valence-electron chi connectivity index (χ3n) is 14.9. The number of anilines is 1. The fourth-order valence-corrected chi connectivity index (χ4v) is 11.7. The van der Waals surface area contributed by atoms with Gasteiger partial charge in [0.25, 0.3) is 0 Å². The van der Waals surface area contributed by atoms with Gasteiger partial charge >= 0.3 is 12.1 Å². The van der Waals surface area contributed by atoms with E-state index in [0.717, 1.165) is 27.1 Å². The number of aromatic nitrogens is 3. The number of benzene rings is 6. The zero-order valence-corrected chi connectivity index (χ0v) is 42.0. The highest BCUT2D eigenvalue weighted by atomic mass is 16.6. The molecule has 6 aromatic carbocycles. The van der Waals surface area contributed by atoms with Crippen LogP contribution in [-0.4, -0.2) is 114 Å². The molecule has 0 radical (unpaired) electrons. The Bertz CT molecular complexity index is 3400. The largest absolute Gasteiger partial charge is 0.493 e. The number of esters is 1. The molecule has 6 atom stereocenters. The maximum Gasteiger partial charge on any atom is 0.421 e. The van der Waals surface area contributed by atoms with Crippen molar-refractivity contribution in [1.82, 2.24) is 24.8 Å². The van der Waals surface area contributed by atoms with E-state index in [1.807, 2.05) is 102 Å². The summed E-state index contributed by atoms with van der Waals surface area (Å²) in [5.41, 5.74) is 4.07. The highest BCUT2D eigenvalue weighted by molar-refractivity contribution is 6.23. The molecule has 7 aromatic rings. The van der Waals surface area contributed by atoms with E-state index in [1.165, 1.54) is 7.11 Å². The van der Waals surface area contributed by atoms with E-state index in [9.17, 15) is 9.90 Å². The van der Waals surface area contributed by atoms with Gasteiger partial charge < -0.3 is 38.4 Å². The molecule has 386 valence electrons. The van der Waals surface area contributed by atoms with Crippen LogP contribution in [0.15, 0.2) is 140 Å². The summed E-state index contributed by atoms with van der Waals surface area (Å²) in [5, 5.41) is 18.3. The SMILES string of the molecule is COCCOC(=O)N1C(=O)C2(c3cc(C#CCn4nnc5ccccc54)ccc31)C(C(=O)N1CCc3cc(OC)c(OC)cc3C1)C1C(=O)OC(c3ccccc3)C(c3ccccc3)N1C2c1ccc(OCCO)cc1. The van der Waals surface area contributed by atoms with Gasteiger partial charge in [0.15, 0.2) is 11.5 Å². The summed E-state index contributed by atoms with van der Waals surface area (Å²) in [5.74, 6) is 4.43. The number of hydrogen-bond acceptors (Lipinski definition) is 14. The Morgan fingerprint density at radius 1 is 0.776 bits per heavy atom. The summed E-state index contributed by atoms with van der Waals surface area (Å²) in [6, 6.07) is 39.1. The predicted molar refractivity (Wildman–Crippen MR) is 277 cm³/mol. The molecular weight excluding hydrogens is 969 g/mol. The molecule has 0 saturated carbocycles. The van der Waals surface area contributed by atoms with Gasteiger partial charge in [0.1, 0.15) is 48.6 Å². The molecule has 5 heterocycles. The Kier molecular flexibility index (Phi) is 13.7.